The normalized spacial score (nSPS) is 14.2. The summed E-state index contributed by atoms with van der Waals surface area (Å²) in [7, 11) is 1.41. The summed E-state index contributed by atoms with van der Waals surface area (Å²) < 4.78 is 18.7. The van der Waals surface area contributed by atoms with E-state index in [1.165, 1.54) is 25.3 Å². The Morgan fingerprint density at radius 2 is 1.88 bits per heavy atom. The van der Waals surface area contributed by atoms with Crippen molar-refractivity contribution in [3.8, 4) is 5.75 Å². The summed E-state index contributed by atoms with van der Waals surface area (Å²) in [4.78, 5) is 39.3. The first-order chi connectivity index (χ1) is 15.3. The molecule has 0 saturated carbocycles. The van der Waals surface area contributed by atoms with Crippen molar-refractivity contribution < 1.29 is 23.6 Å². The molecule has 0 radical (unpaired) electrons. The van der Waals surface area contributed by atoms with Gasteiger partial charge >= 0.3 is 0 Å². The van der Waals surface area contributed by atoms with Crippen LogP contribution in [0.15, 0.2) is 36.4 Å². The number of amides is 2. The highest BCUT2D eigenvalue weighted by atomic mass is 19.1. The summed E-state index contributed by atoms with van der Waals surface area (Å²) in [5.74, 6) is -0.631. The van der Waals surface area contributed by atoms with Gasteiger partial charge in [0, 0.05) is 44.7 Å². The average Bonchev–Trinajstić information content (AvgIpc) is 2.79. The third-order valence-electron chi connectivity index (χ3n) is 5.41. The number of aryl methyl sites for hydroxylation is 1. The van der Waals surface area contributed by atoms with Crippen LogP contribution in [0.2, 0.25) is 0 Å². The van der Waals surface area contributed by atoms with Crippen molar-refractivity contribution in [3.63, 3.8) is 0 Å². The van der Waals surface area contributed by atoms with E-state index in [1.54, 1.807) is 30.0 Å². The van der Waals surface area contributed by atoms with Crippen LogP contribution in [0.5, 0.6) is 5.75 Å². The molecular weight excluding hydrogens is 419 g/mol. The van der Waals surface area contributed by atoms with Crippen molar-refractivity contribution in [2.24, 2.45) is 0 Å². The number of rotatable bonds is 7. The Kier molecular flexibility index (Phi) is 7.37. The van der Waals surface area contributed by atoms with Gasteiger partial charge in [-0.3, -0.25) is 24.6 Å². The quantitative estimate of drug-likeness (QED) is 0.520. The van der Waals surface area contributed by atoms with Crippen molar-refractivity contribution in [2.75, 3.05) is 45.2 Å². The van der Waals surface area contributed by atoms with E-state index >= 15 is 0 Å². The molecule has 170 valence electrons. The van der Waals surface area contributed by atoms with Crippen LogP contribution < -0.4 is 10.1 Å². The Balaban J connectivity index is 1.49. The van der Waals surface area contributed by atoms with E-state index in [0.717, 1.165) is 0 Å². The van der Waals surface area contributed by atoms with Gasteiger partial charge < -0.3 is 15.0 Å². The van der Waals surface area contributed by atoms with Gasteiger partial charge in [0.2, 0.25) is 5.91 Å². The number of carbonyl (C=O) groups is 2. The summed E-state index contributed by atoms with van der Waals surface area (Å²) in [6.45, 7) is 4.20. The van der Waals surface area contributed by atoms with Crippen LogP contribution in [0.1, 0.15) is 22.3 Å². The number of halogens is 1. The lowest BCUT2D eigenvalue weighted by Crippen LogP contribution is -2.49. The molecule has 1 aliphatic rings. The lowest BCUT2D eigenvalue weighted by Gasteiger charge is -2.34. The number of nitrogens with one attached hydrogen (secondary N) is 1. The van der Waals surface area contributed by atoms with E-state index in [9.17, 15) is 24.1 Å². The van der Waals surface area contributed by atoms with E-state index in [-0.39, 0.29) is 29.6 Å². The van der Waals surface area contributed by atoms with Gasteiger partial charge in [-0.2, -0.15) is 0 Å². The van der Waals surface area contributed by atoms with Gasteiger partial charge in [-0.15, -0.1) is 0 Å². The van der Waals surface area contributed by atoms with Crippen molar-refractivity contribution >= 4 is 23.2 Å². The molecule has 9 nitrogen and oxygen atoms in total. The Morgan fingerprint density at radius 3 is 2.50 bits per heavy atom. The Bertz CT molecular complexity index is 1020. The van der Waals surface area contributed by atoms with Gasteiger partial charge in [0.1, 0.15) is 17.3 Å². The van der Waals surface area contributed by atoms with Gasteiger partial charge in [-0.05, 0) is 36.8 Å². The van der Waals surface area contributed by atoms with E-state index in [2.05, 4.69) is 5.32 Å². The van der Waals surface area contributed by atoms with Crippen molar-refractivity contribution in [1.29, 1.82) is 0 Å². The molecule has 1 N–H and O–H groups in total. The predicted molar refractivity (Wildman–Crippen MR) is 116 cm³/mol. The maximum atomic E-state index is 13.7. The van der Waals surface area contributed by atoms with Crippen LogP contribution in [0.25, 0.3) is 0 Å². The van der Waals surface area contributed by atoms with E-state index in [0.29, 0.717) is 49.6 Å². The van der Waals surface area contributed by atoms with Gasteiger partial charge in [0.05, 0.1) is 18.1 Å². The van der Waals surface area contributed by atoms with Gasteiger partial charge in [0.25, 0.3) is 11.6 Å². The number of nitro groups is 1. The molecule has 0 unspecified atom stereocenters. The second-order valence-electron chi connectivity index (χ2n) is 7.54. The minimum atomic E-state index is -0.575. The first-order valence-corrected chi connectivity index (χ1v) is 10.2. The first-order valence-electron chi connectivity index (χ1n) is 10.2. The molecule has 0 spiro atoms. The number of ether oxygens (including phenoxy) is 1. The summed E-state index contributed by atoms with van der Waals surface area (Å²) in [5, 5.41) is 13.8. The number of hydrogen-bond acceptors (Lipinski definition) is 6. The molecule has 0 aliphatic carbocycles. The smallest absolute Gasteiger partial charge is 0.296 e. The Labute approximate surface area is 184 Å². The highest BCUT2D eigenvalue weighted by Crippen LogP contribution is 2.29. The maximum absolute atomic E-state index is 13.7. The number of hydrogen-bond donors (Lipinski definition) is 1. The largest absolute Gasteiger partial charge is 0.496 e. The molecule has 1 saturated heterocycles. The number of carbonyl (C=O) groups excluding carboxylic acids is 2. The van der Waals surface area contributed by atoms with Gasteiger partial charge in [-0.25, -0.2) is 4.39 Å². The molecule has 32 heavy (non-hydrogen) atoms. The Hall–Kier alpha value is -3.53. The van der Waals surface area contributed by atoms with E-state index in [1.807, 2.05) is 4.90 Å². The predicted octanol–water partition coefficient (Wildman–Crippen LogP) is 2.84. The first kappa shape index (κ1) is 23.1. The molecule has 1 fully saturated rings. The summed E-state index contributed by atoms with van der Waals surface area (Å²) in [6, 6.07) is 8.70. The molecule has 1 heterocycles. The SMILES string of the molecule is COc1ccc(NC(=O)CCN2CCN(C(=O)c3ccc(C)c(F)c3)CC2)c([N+](=O)[O-])c1. The van der Waals surface area contributed by atoms with Crippen LogP contribution >= 0.6 is 0 Å². The number of nitro benzene ring substituents is 1. The molecule has 2 aromatic carbocycles. The van der Waals surface area contributed by atoms with Crippen LogP contribution in [0.4, 0.5) is 15.8 Å². The Morgan fingerprint density at radius 1 is 1.16 bits per heavy atom. The second kappa shape index (κ2) is 10.2. The molecule has 10 heteroatoms. The van der Waals surface area contributed by atoms with Crippen molar-refractivity contribution in [1.82, 2.24) is 9.80 Å². The fourth-order valence-electron chi connectivity index (χ4n) is 3.45. The minimum Gasteiger partial charge on any atom is -0.496 e. The summed E-state index contributed by atoms with van der Waals surface area (Å²) in [6.07, 6.45) is 0.153. The third kappa shape index (κ3) is 5.58. The topological polar surface area (TPSA) is 105 Å². The zero-order chi connectivity index (χ0) is 23.3. The standard InChI is InChI=1S/C22H25FN4O5/c1-15-3-4-16(13-18(15)23)22(29)26-11-9-25(10-12-26)8-7-21(28)24-19-6-5-17(32-2)14-20(19)27(30)31/h3-6,13-14H,7-12H2,1-2H3,(H,24,28). The fourth-order valence-corrected chi connectivity index (χ4v) is 3.45. The highest BCUT2D eigenvalue weighted by molar-refractivity contribution is 5.94. The third-order valence-corrected chi connectivity index (χ3v) is 5.41. The molecule has 0 bridgehead atoms. The number of benzene rings is 2. The monoisotopic (exact) mass is 444 g/mol. The number of methoxy groups -OCH3 is 1. The highest BCUT2D eigenvalue weighted by Gasteiger charge is 2.23. The molecule has 2 aromatic rings. The summed E-state index contributed by atoms with van der Waals surface area (Å²) in [5.41, 5.74) is 0.686. The van der Waals surface area contributed by atoms with Crippen LogP contribution in [-0.2, 0) is 4.79 Å². The molecular formula is C22H25FN4O5. The average molecular weight is 444 g/mol. The zero-order valence-electron chi connectivity index (χ0n) is 18.0. The molecule has 3 rings (SSSR count). The molecule has 2 amide bonds. The van der Waals surface area contributed by atoms with Crippen LogP contribution in [-0.4, -0.2) is 66.4 Å². The van der Waals surface area contributed by atoms with Crippen LogP contribution in [0.3, 0.4) is 0 Å². The zero-order valence-corrected chi connectivity index (χ0v) is 18.0. The number of nitrogens with zero attached hydrogens (tertiary/aromatic N) is 3. The van der Waals surface area contributed by atoms with Crippen molar-refractivity contribution in [3.05, 3.63) is 63.5 Å². The fraction of sp³-hybridized carbons (Fsp3) is 0.364. The number of piperazine rings is 1. The van der Waals surface area contributed by atoms with E-state index < -0.39 is 10.7 Å². The van der Waals surface area contributed by atoms with E-state index in [4.69, 9.17) is 4.74 Å². The second-order valence-corrected chi connectivity index (χ2v) is 7.54. The lowest BCUT2D eigenvalue weighted by atomic mass is 10.1. The molecule has 0 atom stereocenters. The van der Waals surface area contributed by atoms with Crippen molar-refractivity contribution in [2.45, 2.75) is 13.3 Å². The molecule has 1 aliphatic heterocycles. The summed E-state index contributed by atoms with van der Waals surface area (Å²) >= 11 is 0. The molecule has 0 aromatic heterocycles. The minimum absolute atomic E-state index is 0.113. The van der Waals surface area contributed by atoms with Gasteiger partial charge in [-0.1, -0.05) is 6.07 Å². The van der Waals surface area contributed by atoms with Crippen LogP contribution in [0, 0.1) is 22.9 Å². The lowest BCUT2D eigenvalue weighted by molar-refractivity contribution is -0.384. The number of anilines is 1. The maximum Gasteiger partial charge on any atom is 0.296 e. The van der Waals surface area contributed by atoms with Gasteiger partial charge in [0.15, 0.2) is 0 Å².